The van der Waals surface area contributed by atoms with Gasteiger partial charge in [0.2, 0.25) is 0 Å². The zero-order chi connectivity index (χ0) is 21.6. The van der Waals surface area contributed by atoms with E-state index in [1.54, 1.807) is 48.7 Å². The third kappa shape index (κ3) is 5.70. The molecular formula is C23H15Cl2N3O2S. The van der Waals surface area contributed by atoms with E-state index in [9.17, 15) is 4.79 Å². The maximum absolute atomic E-state index is 12.2. The van der Waals surface area contributed by atoms with Crippen LogP contribution in [0, 0.1) is 0 Å². The molecule has 5 nitrogen and oxygen atoms in total. The van der Waals surface area contributed by atoms with Gasteiger partial charge in [-0.1, -0.05) is 41.4 Å². The van der Waals surface area contributed by atoms with Crippen LogP contribution in [0.1, 0.15) is 5.56 Å². The van der Waals surface area contributed by atoms with E-state index in [1.807, 2.05) is 29.6 Å². The average Bonchev–Trinajstić information content (AvgIpc) is 3.22. The smallest absolute Gasteiger partial charge is 0.336 e. The maximum atomic E-state index is 12.2. The summed E-state index contributed by atoms with van der Waals surface area (Å²) in [6, 6.07) is 17.8. The molecule has 0 amide bonds. The molecule has 2 aromatic heterocycles. The third-order valence-corrected chi connectivity index (χ3v) is 5.42. The summed E-state index contributed by atoms with van der Waals surface area (Å²) < 4.78 is 5.39. The number of nitrogens with zero attached hydrogens (tertiary/aromatic N) is 2. The Hall–Kier alpha value is -3.19. The number of pyridine rings is 1. The van der Waals surface area contributed by atoms with Crippen molar-refractivity contribution in [2.75, 3.05) is 5.32 Å². The summed E-state index contributed by atoms with van der Waals surface area (Å²) in [5.41, 5.74) is 3.02. The predicted molar refractivity (Wildman–Crippen MR) is 126 cm³/mol. The number of thiazole rings is 1. The first-order valence-electron chi connectivity index (χ1n) is 9.16. The van der Waals surface area contributed by atoms with E-state index in [4.69, 9.17) is 27.9 Å². The summed E-state index contributed by atoms with van der Waals surface area (Å²) in [5, 5.41) is 6.84. The molecule has 0 radical (unpaired) electrons. The first kappa shape index (κ1) is 21.1. The molecule has 0 aliphatic rings. The van der Waals surface area contributed by atoms with E-state index in [0.29, 0.717) is 26.5 Å². The number of rotatable bonds is 6. The van der Waals surface area contributed by atoms with Gasteiger partial charge >= 0.3 is 5.97 Å². The molecule has 0 aliphatic heterocycles. The average molecular weight is 468 g/mol. The van der Waals surface area contributed by atoms with Crippen LogP contribution in [0.4, 0.5) is 10.8 Å². The van der Waals surface area contributed by atoms with Crippen LogP contribution < -0.4 is 10.1 Å². The Balaban J connectivity index is 1.41. The normalized spacial score (nSPS) is 10.9. The van der Waals surface area contributed by atoms with Crippen LogP contribution in [-0.2, 0) is 4.79 Å². The highest BCUT2D eigenvalue weighted by Gasteiger charge is 2.07. The number of esters is 1. The lowest BCUT2D eigenvalue weighted by Crippen LogP contribution is -2.04. The van der Waals surface area contributed by atoms with E-state index >= 15 is 0 Å². The van der Waals surface area contributed by atoms with Gasteiger partial charge in [0.15, 0.2) is 5.13 Å². The van der Waals surface area contributed by atoms with Crippen LogP contribution in [0.25, 0.3) is 17.5 Å². The SMILES string of the molecule is O=C(/C=C/c1ccc(Cl)cc1Cl)Oc1cccc(Nc2nc(-c3ccccn3)cs2)c1. The summed E-state index contributed by atoms with van der Waals surface area (Å²) >= 11 is 13.5. The number of benzene rings is 2. The van der Waals surface area contributed by atoms with E-state index in [-0.39, 0.29) is 0 Å². The van der Waals surface area contributed by atoms with Gasteiger partial charge in [0.25, 0.3) is 0 Å². The molecule has 0 saturated heterocycles. The Labute approximate surface area is 193 Å². The molecule has 1 N–H and O–H groups in total. The van der Waals surface area contributed by atoms with E-state index in [2.05, 4.69) is 15.3 Å². The minimum atomic E-state index is -0.519. The van der Waals surface area contributed by atoms with Crippen LogP contribution in [0.3, 0.4) is 0 Å². The highest BCUT2D eigenvalue weighted by atomic mass is 35.5. The second kappa shape index (κ2) is 9.75. The summed E-state index contributed by atoms with van der Waals surface area (Å²) in [4.78, 5) is 21.0. The van der Waals surface area contributed by atoms with Crippen LogP contribution in [0.15, 0.2) is 78.3 Å². The summed E-state index contributed by atoms with van der Waals surface area (Å²) in [6.07, 6.45) is 4.63. The van der Waals surface area contributed by atoms with Crippen molar-refractivity contribution in [2.24, 2.45) is 0 Å². The molecular weight excluding hydrogens is 453 g/mol. The molecule has 0 fully saturated rings. The van der Waals surface area contributed by atoms with E-state index < -0.39 is 5.97 Å². The van der Waals surface area contributed by atoms with Gasteiger partial charge in [-0.2, -0.15) is 0 Å². The number of hydrogen-bond donors (Lipinski definition) is 1. The van der Waals surface area contributed by atoms with Gasteiger partial charge in [-0.05, 0) is 48.0 Å². The topological polar surface area (TPSA) is 64.1 Å². The molecule has 0 bridgehead atoms. The quantitative estimate of drug-likeness (QED) is 0.190. The van der Waals surface area contributed by atoms with E-state index in [1.165, 1.54) is 17.4 Å². The molecule has 31 heavy (non-hydrogen) atoms. The highest BCUT2D eigenvalue weighted by Crippen LogP contribution is 2.27. The zero-order valence-electron chi connectivity index (χ0n) is 16.0. The summed E-state index contributed by atoms with van der Waals surface area (Å²) in [5.74, 6) is -0.113. The Morgan fingerprint density at radius 3 is 2.74 bits per heavy atom. The summed E-state index contributed by atoms with van der Waals surface area (Å²) in [6.45, 7) is 0. The van der Waals surface area contributed by atoms with Crippen LogP contribution >= 0.6 is 34.5 Å². The molecule has 0 unspecified atom stereocenters. The molecule has 2 heterocycles. The van der Waals surface area contributed by atoms with Crippen LogP contribution in [-0.4, -0.2) is 15.9 Å². The Morgan fingerprint density at radius 1 is 1.03 bits per heavy atom. The lowest BCUT2D eigenvalue weighted by atomic mass is 10.2. The van der Waals surface area contributed by atoms with Gasteiger partial charge < -0.3 is 10.1 Å². The van der Waals surface area contributed by atoms with Gasteiger partial charge in [-0.25, -0.2) is 9.78 Å². The molecule has 4 aromatic rings. The highest BCUT2D eigenvalue weighted by molar-refractivity contribution is 7.14. The number of nitrogens with one attached hydrogen (secondary N) is 1. The van der Waals surface area contributed by atoms with Crippen LogP contribution in [0.5, 0.6) is 5.75 Å². The molecule has 154 valence electrons. The Morgan fingerprint density at radius 2 is 1.94 bits per heavy atom. The molecule has 4 rings (SSSR count). The van der Waals surface area contributed by atoms with Gasteiger partial charge in [-0.3, -0.25) is 4.98 Å². The van der Waals surface area contributed by atoms with Gasteiger partial charge in [0.05, 0.1) is 5.69 Å². The van der Waals surface area contributed by atoms with Gasteiger partial charge in [0.1, 0.15) is 11.4 Å². The van der Waals surface area contributed by atoms with Crippen molar-refractivity contribution < 1.29 is 9.53 Å². The third-order valence-electron chi connectivity index (χ3n) is 4.10. The maximum Gasteiger partial charge on any atom is 0.336 e. The zero-order valence-corrected chi connectivity index (χ0v) is 18.3. The van der Waals surface area contributed by atoms with Crippen molar-refractivity contribution in [3.8, 4) is 17.1 Å². The molecule has 8 heteroatoms. The number of carbonyl (C=O) groups is 1. The molecule has 0 atom stereocenters. The molecule has 0 spiro atoms. The number of ether oxygens (including phenoxy) is 1. The lowest BCUT2D eigenvalue weighted by molar-refractivity contribution is -0.128. The Kier molecular flexibility index (Phi) is 6.62. The molecule has 2 aromatic carbocycles. The van der Waals surface area contributed by atoms with Crippen molar-refractivity contribution in [3.63, 3.8) is 0 Å². The van der Waals surface area contributed by atoms with Crippen LogP contribution in [0.2, 0.25) is 10.0 Å². The predicted octanol–water partition coefficient (Wildman–Crippen LogP) is 6.87. The summed E-state index contributed by atoms with van der Waals surface area (Å²) in [7, 11) is 0. The lowest BCUT2D eigenvalue weighted by Gasteiger charge is -2.06. The second-order valence-electron chi connectivity index (χ2n) is 6.33. The number of carbonyl (C=O) groups excluding carboxylic acids is 1. The number of anilines is 2. The van der Waals surface area contributed by atoms with Gasteiger partial charge in [0, 0.05) is 39.5 Å². The van der Waals surface area contributed by atoms with Crippen molar-refractivity contribution in [3.05, 3.63) is 93.9 Å². The fourth-order valence-electron chi connectivity index (χ4n) is 2.67. The minimum Gasteiger partial charge on any atom is -0.423 e. The standard InChI is InChI=1S/C23H15Cl2N3O2S/c24-16-9-7-15(19(25)12-16)8-10-22(29)30-18-5-3-4-17(13-18)27-23-28-21(14-31-23)20-6-1-2-11-26-20/h1-14H,(H,27,28)/b10-8+. The second-order valence-corrected chi connectivity index (χ2v) is 8.03. The minimum absolute atomic E-state index is 0.406. The fraction of sp³-hybridized carbons (Fsp3) is 0. The van der Waals surface area contributed by atoms with E-state index in [0.717, 1.165) is 17.1 Å². The Bertz CT molecular complexity index is 1240. The number of halogens is 2. The molecule has 0 aliphatic carbocycles. The molecule has 0 saturated carbocycles. The van der Waals surface area contributed by atoms with Crippen molar-refractivity contribution in [1.29, 1.82) is 0 Å². The first-order valence-corrected chi connectivity index (χ1v) is 10.8. The van der Waals surface area contributed by atoms with Gasteiger partial charge in [-0.15, -0.1) is 11.3 Å². The number of hydrogen-bond acceptors (Lipinski definition) is 6. The first-order chi connectivity index (χ1) is 15.1. The number of aromatic nitrogens is 2. The van der Waals surface area contributed by atoms with Crippen molar-refractivity contribution >= 4 is 57.4 Å². The van der Waals surface area contributed by atoms with Crippen molar-refractivity contribution in [1.82, 2.24) is 9.97 Å². The van der Waals surface area contributed by atoms with Crippen molar-refractivity contribution in [2.45, 2.75) is 0 Å². The fourth-order valence-corrected chi connectivity index (χ4v) is 3.86. The largest absolute Gasteiger partial charge is 0.423 e. The monoisotopic (exact) mass is 467 g/mol.